The van der Waals surface area contributed by atoms with Gasteiger partial charge in [-0.15, -0.1) is 0 Å². The van der Waals surface area contributed by atoms with Crippen LogP contribution in [-0.2, 0) is 16.4 Å². The highest BCUT2D eigenvalue weighted by Crippen LogP contribution is 2.18. The third-order valence-corrected chi connectivity index (χ3v) is 4.58. The lowest BCUT2D eigenvalue weighted by molar-refractivity contribution is 0.593. The molecule has 0 aromatic heterocycles. The number of nitrogens with one attached hydrogen (secondary N) is 1. The molecule has 1 rings (SSSR count). The Hall–Kier alpha value is -1.54. The molecule has 1 unspecified atom stereocenters. The molecule has 0 saturated heterocycles. The van der Waals surface area contributed by atoms with Crippen LogP contribution >= 0.6 is 0 Å². The van der Waals surface area contributed by atoms with Crippen molar-refractivity contribution in [3.63, 3.8) is 0 Å². The Morgan fingerprint density at radius 3 is 2.50 bits per heavy atom. The van der Waals surface area contributed by atoms with Crippen molar-refractivity contribution in [2.45, 2.75) is 38.9 Å². The molecule has 0 spiro atoms. The molecule has 4 nitrogen and oxygen atoms in total. The Labute approximate surface area is 109 Å². The molecule has 0 saturated carbocycles. The molecule has 0 aliphatic rings. The van der Waals surface area contributed by atoms with E-state index in [1.165, 1.54) is 5.56 Å². The first-order valence-electron chi connectivity index (χ1n) is 5.95. The second-order valence-corrected chi connectivity index (χ2v) is 6.03. The van der Waals surface area contributed by atoms with E-state index in [9.17, 15) is 8.42 Å². The standard InChI is InChI=1S/C13H18N2O2S/c1-4-11-6-7-12(8-10(11)3)15-18(16,17)13(5-2)9-14/h6-8,13,15H,4-5H2,1-3H3. The Balaban J connectivity index is 2.99. The number of anilines is 1. The van der Waals surface area contributed by atoms with Crippen LogP contribution in [0.15, 0.2) is 18.2 Å². The van der Waals surface area contributed by atoms with Crippen molar-refractivity contribution in [1.29, 1.82) is 5.26 Å². The van der Waals surface area contributed by atoms with E-state index in [2.05, 4.69) is 11.6 Å². The number of rotatable bonds is 5. The fourth-order valence-corrected chi connectivity index (χ4v) is 2.95. The van der Waals surface area contributed by atoms with Gasteiger partial charge >= 0.3 is 0 Å². The summed E-state index contributed by atoms with van der Waals surface area (Å²) in [5, 5.41) is 7.80. The van der Waals surface area contributed by atoms with Crippen molar-refractivity contribution in [2.75, 3.05) is 4.72 Å². The predicted molar refractivity (Wildman–Crippen MR) is 72.8 cm³/mol. The lowest BCUT2D eigenvalue weighted by atomic mass is 10.1. The Kier molecular flexibility index (Phi) is 4.74. The second-order valence-electron chi connectivity index (χ2n) is 4.17. The van der Waals surface area contributed by atoms with Crippen molar-refractivity contribution in [3.05, 3.63) is 29.3 Å². The molecular weight excluding hydrogens is 248 g/mol. The number of aryl methyl sites for hydroxylation is 2. The molecule has 1 aromatic rings. The minimum absolute atomic E-state index is 0.276. The molecule has 0 radical (unpaired) electrons. The molecule has 0 aliphatic heterocycles. The van der Waals surface area contributed by atoms with Crippen LogP contribution in [0.5, 0.6) is 0 Å². The van der Waals surface area contributed by atoms with Crippen LogP contribution in [0.4, 0.5) is 5.69 Å². The fourth-order valence-electron chi connectivity index (χ4n) is 1.77. The zero-order valence-electron chi connectivity index (χ0n) is 10.9. The molecular formula is C13H18N2O2S. The van der Waals surface area contributed by atoms with Gasteiger partial charge < -0.3 is 0 Å². The van der Waals surface area contributed by atoms with Gasteiger partial charge in [0.05, 0.1) is 6.07 Å². The highest BCUT2D eigenvalue weighted by molar-refractivity contribution is 7.93. The number of nitrogens with zero attached hydrogens (tertiary/aromatic N) is 1. The van der Waals surface area contributed by atoms with Crippen LogP contribution in [0, 0.1) is 18.3 Å². The smallest absolute Gasteiger partial charge is 0.249 e. The zero-order chi connectivity index (χ0) is 13.8. The summed E-state index contributed by atoms with van der Waals surface area (Å²) in [6, 6.07) is 7.22. The number of sulfonamides is 1. The first kappa shape index (κ1) is 14.5. The van der Waals surface area contributed by atoms with Gasteiger partial charge in [0.2, 0.25) is 10.0 Å². The topological polar surface area (TPSA) is 70.0 Å². The molecule has 1 N–H and O–H groups in total. The van der Waals surface area contributed by atoms with Crippen LogP contribution < -0.4 is 4.72 Å². The van der Waals surface area contributed by atoms with Gasteiger partial charge in [0.15, 0.2) is 5.25 Å². The van der Waals surface area contributed by atoms with Crippen LogP contribution in [0.1, 0.15) is 31.4 Å². The molecule has 98 valence electrons. The lowest BCUT2D eigenvalue weighted by Crippen LogP contribution is -2.26. The first-order valence-corrected chi connectivity index (χ1v) is 7.50. The molecule has 0 bridgehead atoms. The van der Waals surface area contributed by atoms with Crippen LogP contribution in [0.3, 0.4) is 0 Å². The summed E-state index contributed by atoms with van der Waals surface area (Å²) in [4.78, 5) is 0. The van der Waals surface area contributed by atoms with Crippen molar-refractivity contribution in [2.24, 2.45) is 0 Å². The largest absolute Gasteiger partial charge is 0.282 e. The molecule has 1 atom stereocenters. The van der Waals surface area contributed by atoms with E-state index in [-0.39, 0.29) is 6.42 Å². The van der Waals surface area contributed by atoms with Gasteiger partial charge in [-0.2, -0.15) is 5.26 Å². The van der Waals surface area contributed by atoms with E-state index in [1.807, 2.05) is 13.0 Å². The molecule has 5 heteroatoms. The van der Waals surface area contributed by atoms with Crippen molar-refractivity contribution in [1.82, 2.24) is 0 Å². The van der Waals surface area contributed by atoms with E-state index in [0.29, 0.717) is 5.69 Å². The highest BCUT2D eigenvalue weighted by Gasteiger charge is 2.23. The minimum Gasteiger partial charge on any atom is -0.282 e. The monoisotopic (exact) mass is 266 g/mol. The SMILES string of the molecule is CCc1ccc(NS(=O)(=O)C(C#N)CC)cc1C. The third-order valence-electron chi connectivity index (χ3n) is 2.87. The quantitative estimate of drug-likeness (QED) is 0.890. The Morgan fingerprint density at radius 2 is 2.06 bits per heavy atom. The molecule has 0 amide bonds. The maximum Gasteiger partial charge on any atom is 0.249 e. The maximum atomic E-state index is 11.9. The van der Waals surface area contributed by atoms with E-state index >= 15 is 0 Å². The summed E-state index contributed by atoms with van der Waals surface area (Å²) in [5.74, 6) is 0. The van der Waals surface area contributed by atoms with Crippen LogP contribution in [0.2, 0.25) is 0 Å². The van der Waals surface area contributed by atoms with Gasteiger partial charge in [0, 0.05) is 5.69 Å². The van der Waals surface area contributed by atoms with Crippen molar-refractivity contribution < 1.29 is 8.42 Å². The summed E-state index contributed by atoms with van der Waals surface area (Å²) in [6.45, 7) is 5.67. The van der Waals surface area contributed by atoms with E-state index < -0.39 is 15.3 Å². The normalized spacial score (nSPS) is 12.8. The molecule has 0 fully saturated rings. The van der Waals surface area contributed by atoms with Gasteiger partial charge in [-0.05, 0) is 43.0 Å². The molecule has 0 heterocycles. The van der Waals surface area contributed by atoms with E-state index in [4.69, 9.17) is 5.26 Å². The molecule has 18 heavy (non-hydrogen) atoms. The van der Waals surface area contributed by atoms with E-state index in [1.54, 1.807) is 25.1 Å². The molecule has 0 aliphatic carbocycles. The maximum absolute atomic E-state index is 11.9. The van der Waals surface area contributed by atoms with Crippen molar-refractivity contribution >= 4 is 15.7 Å². The zero-order valence-corrected chi connectivity index (χ0v) is 11.7. The number of nitriles is 1. The first-order chi connectivity index (χ1) is 8.44. The average Bonchev–Trinajstić information content (AvgIpc) is 2.29. The van der Waals surface area contributed by atoms with Gasteiger partial charge in [-0.3, -0.25) is 4.72 Å². The molecule has 1 aromatic carbocycles. The summed E-state index contributed by atoms with van der Waals surface area (Å²) < 4.78 is 26.3. The lowest BCUT2D eigenvalue weighted by Gasteiger charge is -2.12. The van der Waals surface area contributed by atoms with Gasteiger partial charge in [-0.25, -0.2) is 8.42 Å². The fraction of sp³-hybridized carbons (Fsp3) is 0.462. The summed E-state index contributed by atoms with van der Waals surface area (Å²) >= 11 is 0. The predicted octanol–water partition coefficient (Wildman–Crippen LogP) is 2.60. The van der Waals surface area contributed by atoms with Gasteiger partial charge in [-0.1, -0.05) is 19.9 Å². The summed E-state index contributed by atoms with van der Waals surface area (Å²) in [5.41, 5.74) is 2.74. The van der Waals surface area contributed by atoms with Crippen molar-refractivity contribution in [3.8, 4) is 6.07 Å². The summed E-state index contributed by atoms with van der Waals surface area (Å²) in [7, 11) is -3.62. The number of hydrogen-bond acceptors (Lipinski definition) is 3. The second kappa shape index (κ2) is 5.87. The van der Waals surface area contributed by atoms with Gasteiger partial charge in [0.25, 0.3) is 0 Å². The van der Waals surface area contributed by atoms with E-state index in [0.717, 1.165) is 12.0 Å². The van der Waals surface area contributed by atoms with Gasteiger partial charge in [0.1, 0.15) is 0 Å². The third kappa shape index (κ3) is 3.23. The Morgan fingerprint density at radius 1 is 1.39 bits per heavy atom. The van der Waals surface area contributed by atoms with Crippen LogP contribution in [0.25, 0.3) is 0 Å². The van der Waals surface area contributed by atoms with Crippen LogP contribution in [-0.4, -0.2) is 13.7 Å². The minimum atomic E-state index is -3.62. The number of hydrogen-bond donors (Lipinski definition) is 1. The Bertz CT molecular complexity index is 559. The average molecular weight is 266 g/mol. The highest BCUT2D eigenvalue weighted by atomic mass is 32.2. The summed E-state index contributed by atoms with van der Waals surface area (Å²) in [6.07, 6.45) is 1.19. The number of benzene rings is 1.